The van der Waals surface area contributed by atoms with Gasteiger partial charge < -0.3 is 10.1 Å². The molecule has 0 atom stereocenters. The lowest BCUT2D eigenvalue weighted by Crippen LogP contribution is -2.40. The molecule has 0 spiro atoms. The second-order valence-corrected chi connectivity index (χ2v) is 7.39. The van der Waals surface area contributed by atoms with Gasteiger partial charge in [0.05, 0.1) is 23.0 Å². The van der Waals surface area contributed by atoms with Crippen molar-refractivity contribution >= 4 is 29.3 Å². The van der Waals surface area contributed by atoms with Crippen LogP contribution in [0.15, 0.2) is 29.7 Å². The standard InChI is InChI=1S/C18H21ClN4O2S/c1-11-15(4-3-9-20-11)25-13-7-5-12(6-8-13)22-17(24)16-14(19)10-21-18(23-16)26-2/h3-4,9-10,12-13H,5-8H2,1-2H3,(H,22,24). The van der Waals surface area contributed by atoms with Crippen molar-refractivity contribution in [1.29, 1.82) is 0 Å². The normalized spacial score (nSPS) is 19.8. The molecule has 1 aliphatic carbocycles. The molecule has 3 rings (SSSR count). The number of aryl methyl sites for hydroxylation is 1. The average Bonchev–Trinajstić information content (AvgIpc) is 2.65. The molecular weight excluding hydrogens is 372 g/mol. The molecule has 138 valence electrons. The molecule has 0 bridgehead atoms. The number of ether oxygens (including phenoxy) is 1. The summed E-state index contributed by atoms with van der Waals surface area (Å²) in [6.07, 6.45) is 8.71. The summed E-state index contributed by atoms with van der Waals surface area (Å²) in [4.78, 5) is 25.0. The number of hydrogen-bond donors (Lipinski definition) is 1. The van der Waals surface area contributed by atoms with Gasteiger partial charge in [0.2, 0.25) is 0 Å². The largest absolute Gasteiger partial charge is 0.489 e. The van der Waals surface area contributed by atoms with Gasteiger partial charge in [0.25, 0.3) is 5.91 Å². The zero-order valence-corrected chi connectivity index (χ0v) is 16.3. The van der Waals surface area contributed by atoms with Crippen molar-refractivity contribution < 1.29 is 9.53 Å². The summed E-state index contributed by atoms with van der Waals surface area (Å²) in [6, 6.07) is 3.92. The van der Waals surface area contributed by atoms with Crippen molar-refractivity contribution in [2.24, 2.45) is 0 Å². The molecule has 0 radical (unpaired) electrons. The minimum absolute atomic E-state index is 0.0982. The molecule has 1 saturated carbocycles. The topological polar surface area (TPSA) is 77.0 Å². The zero-order valence-electron chi connectivity index (χ0n) is 14.7. The Morgan fingerprint density at radius 2 is 2.08 bits per heavy atom. The van der Waals surface area contributed by atoms with E-state index in [9.17, 15) is 4.79 Å². The van der Waals surface area contributed by atoms with Crippen molar-refractivity contribution in [2.75, 3.05) is 6.26 Å². The molecule has 1 amide bonds. The predicted molar refractivity (Wildman–Crippen MR) is 102 cm³/mol. The second kappa shape index (κ2) is 8.68. The summed E-state index contributed by atoms with van der Waals surface area (Å²) >= 11 is 7.45. The maximum Gasteiger partial charge on any atom is 0.271 e. The lowest BCUT2D eigenvalue weighted by molar-refractivity contribution is 0.0887. The number of carbonyl (C=O) groups is 1. The van der Waals surface area contributed by atoms with Gasteiger partial charge in [0.15, 0.2) is 10.9 Å². The number of nitrogens with zero attached hydrogens (tertiary/aromatic N) is 3. The molecule has 8 heteroatoms. The molecule has 26 heavy (non-hydrogen) atoms. The highest BCUT2D eigenvalue weighted by molar-refractivity contribution is 7.98. The van der Waals surface area contributed by atoms with Crippen LogP contribution in [-0.4, -0.2) is 39.3 Å². The van der Waals surface area contributed by atoms with Crippen LogP contribution in [0.2, 0.25) is 5.02 Å². The van der Waals surface area contributed by atoms with E-state index in [4.69, 9.17) is 16.3 Å². The zero-order chi connectivity index (χ0) is 18.5. The SMILES string of the molecule is CSc1ncc(Cl)c(C(=O)NC2CCC(Oc3cccnc3C)CC2)n1. The van der Waals surface area contributed by atoms with E-state index in [1.54, 1.807) is 6.20 Å². The van der Waals surface area contributed by atoms with Gasteiger partial charge in [0, 0.05) is 12.2 Å². The number of rotatable bonds is 5. The molecule has 2 aromatic rings. The van der Waals surface area contributed by atoms with Crippen LogP contribution in [0.1, 0.15) is 41.9 Å². The molecule has 0 aliphatic heterocycles. The summed E-state index contributed by atoms with van der Waals surface area (Å²) in [6.45, 7) is 1.94. The number of thioether (sulfide) groups is 1. The summed E-state index contributed by atoms with van der Waals surface area (Å²) in [7, 11) is 0. The van der Waals surface area contributed by atoms with Gasteiger partial charge in [-0.05, 0) is 51.0 Å². The Labute approximate surface area is 162 Å². The van der Waals surface area contributed by atoms with Crippen LogP contribution in [0.25, 0.3) is 0 Å². The lowest BCUT2D eigenvalue weighted by Gasteiger charge is -2.29. The lowest BCUT2D eigenvalue weighted by atomic mass is 9.92. The van der Waals surface area contributed by atoms with Gasteiger partial charge in [-0.25, -0.2) is 9.97 Å². The first-order valence-electron chi connectivity index (χ1n) is 8.52. The quantitative estimate of drug-likeness (QED) is 0.617. The average molecular weight is 393 g/mol. The smallest absolute Gasteiger partial charge is 0.271 e. The van der Waals surface area contributed by atoms with E-state index in [-0.39, 0.29) is 28.8 Å². The summed E-state index contributed by atoms with van der Waals surface area (Å²) in [5.74, 6) is 0.581. The van der Waals surface area contributed by atoms with E-state index in [2.05, 4.69) is 20.3 Å². The molecule has 0 saturated heterocycles. The first-order valence-corrected chi connectivity index (χ1v) is 10.1. The second-order valence-electron chi connectivity index (χ2n) is 6.21. The van der Waals surface area contributed by atoms with Gasteiger partial charge in [0.1, 0.15) is 5.75 Å². The molecule has 0 aromatic carbocycles. The Kier molecular flexibility index (Phi) is 6.32. The molecule has 1 N–H and O–H groups in total. The maximum absolute atomic E-state index is 12.5. The first-order chi connectivity index (χ1) is 12.6. The van der Waals surface area contributed by atoms with Crippen molar-refractivity contribution in [2.45, 2.75) is 49.9 Å². The van der Waals surface area contributed by atoms with E-state index in [0.29, 0.717) is 5.16 Å². The molecule has 1 aliphatic rings. The molecular formula is C18H21ClN4O2S. The van der Waals surface area contributed by atoms with Crippen LogP contribution in [0.4, 0.5) is 0 Å². The van der Waals surface area contributed by atoms with Crippen LogP contribution in [0.3, 0.4) is 0 Å². The van der Waals surface area contributed by atoms with Gasteiger partial charge in [-0.2, -0.15) is 0 Å². The van der Waals surface area contributed by atoms with Gasteiger partial charge >= 0.3 is 0 Å². The molecule has 2 heterocycles. The van der Waals surface area contributed by atoms with Gasteiger partial charge in [-0.3, -0.25) is 9.78 Å². The highest BCUT2D eigenvalue weighted by Crippen LogP contribution is 2.25. The minimum Gasteiger partial charge on any atom is -0.489 e. The highest BCUT2D eigenvalue weighted by atomic mass is 35.5. The van der Waals surface area contributed by atoms with Crippen molar-refractivity contribution in [3.05, 3.63) is 40.9 Å². The Morgan fingerprint density at radius 3 is 2.77 bits per heavy atom. The van der Waals surface area contributed by atoms with Crippen molar-refractivity contribution in [3.8, 4) is 5.75 Å². The highest BCUT2D eigenvalue weighted by Gasteiger charge is 2.25. The van der Waals surface area contributed by atoms with E-state index < -0.39 is 0 Å². The van der Waals surface area contributed by atoms with E-state index in [0.717, 1.165) is 37.1 Å². The Balaban J connectivity index is 1.54. The fourth-order valence-corrected chi connectivity index (χ4v) is 3.48. The van der Waals surface area contributed by atoms with Crippen molar-refractivity contribution in [3.63, 3.8) is 0 Å². The summed E-state index contributed by atoms with van der Waals surface area (Å²) in [5, 5.41) is 3.83. The minimum atomic E-state index is -0.250. The molecule has 6 nitrogen and oxygen atoms in total. The van der Waals surface area contributed by atoms with Crippen LogP contribution in [0.5, 0.6) is 5.75 Å². The number of nitrogens with one attached hydrogen (secondary N) is 1. The van der Waals surface area contributed by atoms with Crippen LogP contribution >= 0.6 is 23.4 Å². The molecule has 1 fully saturated rings. The fourth-order valence-electron chi connectivity index (χ4n) is 2.96. The summed E-state index contributed by atoms with van der Waals surface area (Å²) in [5.41, 5.74) is 1.13. The molecule has 2 aromatic heterocycles. The third kappa shape index (κ3) is 4.65. The number of hydrogen-bond acceptors (Lipinski definition) is 6. The predicted octanol–water partition coefficient (Wildman–Crippen LogP) is 3.68. The third-order valence-corrected chi connectivity index (χ3v) is 5.22. The first kappa shape index (κ1) is 18.9. The van der Waals surface area contributed by atoms with Crippen LogP contribution < -0.4 is 10.1 Å². The van der Waals surface area contributed by atoms with E-state index in [1.807, 2.05) is 25.3 Å². The number of pyridine rings is 1. The maximum atomic E-state index is 12.5. The molecule has 0 unspecified atom stereocenters. The van der Waals surface area contributed by atoms with Crippen LogP contribution in [-0.2, 0) is 0 Å². The third-order valence-electron chi connectivity index (χ3n) is 4.38. The summed E-state index contributed by atoms with van der Waals surface area (Å²) < 4.78 is 6.05. The van der Waals surface area contributed by atoms with Crippen LogP contribution in [0, 0.1) is 6.92 Å². The Hall–Kier alpha value is -1.86. The number of carbonyl (C=O) groups excluding carboxylic acids is 1. The number of halogens is 1. The Bertz CT molecular complexity index is 782. The van der Waals surface area contributed by atoms with Gasteiger partial charge in [-0.15, -0.1) is 0 Å². The monoisotopic (exact) mass is 392 g/mol. The van der Waals surface area contributed by atoms with Gasteiger partial charge in [-0.1, -0.05) is 23.4 Å². The van der Waals surface area contributed by atoms with Crippen molar-refractivity contribution in [1.82, 2.24) is 20.3 Å². The number of amides is 1. The van der Waals surface area contributed by atoms with E-state index in [1.165, 1.54) is 18.0 Å². The fraction of sp³-hybridized carbons (Fsp3) is 0.444. The Morgan fingerprint density at radius 1 is 1.31 bits per heavy atom. The van der Waals surface area contributed by atoms with E-state index >= 15 is 0 Å². The number of aromatic nitrogens is 3.